The van der Waals surface area contributed by atoms with Crippen LogP contribution in [0.5, 0.6) is 0 Å². The average molecular weight is 396 g/mol. The van der Waals surface area contributed by atoms with Gasteiger partial charge in [-0.1, -0.05) is 17.6 Å². The van der Waals surface area contributed by atoms with E-state index in [9.17, 15) is 18.0 Å². The molecule has 1 aliphatic carbocycles. The maximum atomic E-state index is 12.6. The Morgan fingerprint density at radius 3 is 2.66 bits per heavy atom. The summed E-state index contributed by atoms with van der Waals surface area (Å²) in [6, 6.07) is 10.7. The van der Waals surface area contributed by atoms with E-state index in [1.807, 2.05) is 0 Å². The van der Waals surface area contributed by atoms with Crippen LogP contribution >= 0.6 is 0 Å². The van der Waals surface area contributed by atoms with E-state index in [0.29, 0.717) is 5.56 Å². The third-order valence-corrected chi connectivity index (χ3v) is 5.21. The van der Waals surface area contributed by atoms with Crippen LogP contribution in [0.25, 0.3) is 10.9 Å². The molecular weight excluding hydrogens is 377 g/mol. The minimum absolute atomic E-state index is 0.0172. The molecule has 0 saturated heterocycles. The van der Waals surface area contributed by atoms with Crippen molar-refractivity contribution in [2.75, 3.05) is 0 Å². The van der Waals surface area contributed by atoms with Crippen molar-refractivity contribution in [1.29, 1.82) is 0 Å². The van der Waals surface area contributed by atoms with Crippen molar-refractivity contribution in [3.05, 3.63) is 70.4 Å². The lowest BCUT2D eigenvalue weighted by molar-refractivity contribution is -0.137. The van der Waals surface area contributed by atoms with Gasteiger partial charge in [-0.25, -0.2) is 0 Å². The van der Waals surface area contributed by atoms with E-state index < -0.39 is 17.6 Å². The first-order valence-electron chi connectivity index (χ1n) is 9.39. The first-order chi connectivity index (χ1) is 13.8. The third-order valence-electron chi connectivity index (χ3n) is 5.21. The van der Waals surface area contributed by atoms with Gasteiger partial charge in [0, 0.05) is 34.1 Å². The van der Waals surface area contributed by atoms with Crippen LogP contribution in [0.15, 0.2) is 42.5 Å². The number of halogens is 3. The number of hydrogen-bond donors (Lipinski definition) is 2. The van der Waals surface area contributed by atoms with Crippen LogP contribution in [0.1, 0.15) is 34.4 Å². The van der Waals surface area contributed by atoms with E-state index in [1.54, 1.807) is 0 Å². The predicted molar refractivity (Wildman–Crippen MR) is 105 cm³/mol. The molecule has 0 aliphatic heterocycles. The van der Waals surface area contributed by atoms with Crippen LogP contribution in [-0.2, 0) is 23.8 Å². The molecule has 1 atom stereocenters. The Morgan fingerprint density at radius 2 is 1.93 bits per heavy atom. The van der Waals surface area contributed by atoms with Crippen LogP contribution in [-0.4, -0.2) is 16.9 Å². The molecule has 148 valence electrons. The molecule has 1 aliphatic rings. The fraction of sp³-hybridized carbons (Fsp3) is 0.261. The molecular formula is C23H19F3N2O. The molecule has 2 aromatic carbocycles. The van der Waals surface area contributed by atoms with E-state index in [0.717, 1.165) is 36.9 Å². The second-order valence-electron chi connectivity index (χ2n) is 7.37. The van der Waals surface area contributed by atoms with Crippen molar-refractivity contribution >= 4 is 16.8 Å². The highest BCUT2D eigenvalue weighted by atomic mass is 19.4. The van der Waals surface area contributed by atoms with E-state index in [1.165, 1.54) is 34.3 Å². The summed E-state index contributed by atoms with van der Waals surface area (Å²) in [4.78, 5) is 15.7. The average Bonchev–Trinajstić information content (AvgIpc) is 3.03. The number of aryl methyl sites for hydroxylation is 2. The standard InChI is InChI=1S/C23H19F3N2O/c1-14-2-9-20-18(12-14)19-13-17(8-10-21(19)28-20)27-22(29)11-5-15-3-6-16(7-4-15)23(24,25)26/h2-4,6-7,9,12,17,28H,8,10,13H2,1H3,(H,27,29). The van der Waals surface area contributed by atoms with Gasteiger partial charge in [0.2, 0.25) is 0 Å². The maximum absolute atomic E-state index is 12.6. The number of aromatic nitrogens is 1. The number of carbonyl (C=O) groups is 1. The molecule has 6 heteroatoms. The predicted octanol–water partition coefficient (Wildman–Crippen LogP) is 4.52. The molecule has 1 unspecified atom stereocenters. The number of benzene rings is 2. The summed E-state index contributed by atoms with van der Waals surface area (Å²) < 4.78 is 37.8. The van der Waals surface area contributed by atoms with Crippen molar-refractivity contribution in [2.24, 2.45) is 0 Å². The Labute approximate surface area is 166 Å². The first-order valence-corrected chi connectivity index (χ1v) is 9.39. The molecule has 0 spiro atoms. The van der Waals surface area contributed by atoms with Gasteiger partial charge in [-0.2, -0.15) is 13.2 Å². The molecule has 2 N–H and O–H groups in total. The van der Waals surface area contributed by atoms with Crippen LogP contribution in [0.4, 0.5) is 13.2 Å². The van der Waals surface area contributed by atoms with Gasteiger partial charge in [-0.3, -0.25) is 4.79 Å². The van der Waals surface area contributed by atoms with Crippen LogP contribution in [0.2, 0.25) is 0 Å². The zero-order valence-corrected chi connectivity index (χ0v) is 15.8. The highest BCUT2D eigenvalue weighted by molar-refractivity contribution is 5.94. The van der Waals surface area contributed by atoms with E-state index in [2.05, 4.69) is 47.3 Å². The summed E-state index contributed by atoms with van der Waals surface area (Å²) in [5.74, 6) is 4.69. The lowest BCUT2D eigenvalue weighted by Gasteiger charge is -2.22. The number of fused-ring (bicyclic) bond motifs is 3. The highest BCUT2D eigenvalue weighted by Crippen LogP contribution is 2.30. The topological polar surface area (TPSA) is 44.9 Å². The summed E-state index contributed by atoms with van der Waals surface area (Å²) in [5, 5.41) is 4.12. The zero-order valence-electron chi connectivity index (χ0n) is 15.8. The van der Waals surface area contributed by atoms with Gasteiger partial charge < -0.3 is 10.3 Å². The molecule has 1 amide bonds. The van der Waals surface area contributed by atoms with Crippen LogP contribution < -0.4 is 5.32 Å². The van der Waals surface area contributed by atoms with Gasteiger partial charge in [0.15, 0.2) is 0 Å². The zero-order chi connectivity index (χ0) is 20.6. The number of aromatic amines is 1. The second-order valence-corrected chi connectivity index (χ2v) is 7.37. The van der Waals surface area contributed by atoms with Gasteiger partial charge >= 0.3 is 6.18 Å². The number of alkyl halides is 3. The minimum Gasteiger partial charge on any atom is -0.358 e. The van der Waals surface area contributed by atoms with Gasteiger partial charge in [0.05, 0.1) is 5.56 Å². The SMILES string of the molecule is Cc1ccc2[nH]c3c(c2c1)CC(NC(=O)C#Cc1ccc(C(F)(F)F)cc1)CC3. The van der Waals surface area contributed by atoms with Gasteiger partial charge in [0.1, 0.15) is 0 Å². The lowest BCUT2D eigenvalue weighted by atomic mass is 9.91. The normalized spacial score (nSPS) is 16.1. The quantitative estimate of drug-likeness (QED) is 0.584. The maximum Gasteiger partial charge on any atom is 0.416 e. The Balaban J connectivity index is 1.43. The number of H-pyrrole nitrogens is 1. The molecule has 3 aromatic rings. The smallest absolute Gasteiger partial charge is 0.358 e. The third kappa shape index (κ3) is 4.14. The molecule has 0 fully saturated rings. The molecule has 1 heterocycles. The largest absolute Gasteiger partial charge is 0.416 e. The summed E-state index contributed by atoms with van der Waals surface area (Å²) >= 11 is 0. The van der Waals surface area contributed by atoms with Crippen molar-refractivity contribution in [2.45, 2.75) is 38.4 Å². The van der Waals surface area contributed by atoms with E-state index >= 15 is 0 Å². The number of rotatable bonds is 1. The molecule has 0 radical (unpaired) electrons. The Morgan fingerprint density at radius 1 is 1.17 bits per heavy atom. The van der Waals surface area contributed by atoms with Crippen molar-refractivity contribution < 1.29 is 18.0 Å². The summed E-state index contributed by atoms with van der Waals surface area (Å²) in [5.41, 5.74) is 4.37. The Hall–Kier alpha value is -3.20. The molecule has 4 rings (SSSR count). The van der Waals surface area contributed by atoms with Crippen LogP contribution in [0.3, 0.4) is 0 Å². The highest BCUT2D eigenvalue weighted by Gasteiger charge is 2.29. The summed E-state index contributed by atoms with van der Waals surface area (Å²) in [7, 11) is 0. The molecule has 0 saturated carbocycles. The Bertz CT molecular complexity index is 1130. The fourth-order valence-corrected chi connectivity index (χ4v) is 3.75. The minimum atomic E-state index is -4.38. The fourth-order valence-electron chi connectivity index (χ4n) is 3.75. The second kappa shape index (κ2) is 7.32. The molecule has 1 aromatic heterocycles. The van der Waals surface area contributed by atoms with Crippen molar-refractivity contribution in [3.63, 3.8) is 0 Å². The Kier molecular flexibility index (Phi) is 4.83. The van der Waals surface area contributed by atoms with Gasteiger partial charge in [-0.15, -0.1) is 0 Å². The molecule has 3 nitrogen and oxygen atoms in total. The summed E-state index contributed by atoms with van der Waals surface area (Å²) in [6.07, 6.45) is -2.00. The van der Waals surface area contributed by atoms with Gasteiger partial charge in [-0.05, 0) is 68.1 Å². The number of amides is 1. The van der Waals surface area contributed by atoms with Crippen molar-refractivity contribution in [1.82, 2.24) is 10.3 Å². The monoisotopic (exact) mass is 396 g/mol. The number of nitrogens with one attached hydrogen (secondary N) is 2. The summed E-state index contributed by atoms with van der Waals surface area (Å²) in [6.45, 7) is 2.05. The van der Waals surface area contributed by atoms with Gasteiger partial charge in [0.25, 0.3) is 5.91 Å². The number of carbonyl (C=O) groups excluding carboxylic acids is 1. The van der Waals surface area contributed by atoms with Crippen LogP contribution in [0, 0.1) is 18.8 Å². The number of hydrogen-bond acceptors (Lipinski definition) is 1. The first kappa shape index (κ1) is 19.1. The van der Waals surface area contributed by atoms with Crippen molar-refractivity contribution in [3.8, 4) is 11.8 Å². The van der Waals surface area contributed by atoms with E-state index in [-0.39, 0.29) is 6.04 Å². The molecule has 0 bridgehead atoms. The lowest BCUT2D eigenvalue weighted by Crippen LogP contribution is -2.38. The van der Waals surface area contributed by atoms with E-state index in [4.69, 9.17) is 0 Å². The molecule has 29 heavy (non-hydrogen) atoms.